The summed E-state index contributed by atoms with van der Waals surface area (Å²) in [4.78, 5) is 31.8. The van der Waals surface area contributed by atoms with Crippen molar-refractivity contribution < 1.29 is 14.7 Å². The van der Waals surface area contributed by atoms with Gasteiger partial charge in [-0.3, -0.25) is 9.59 Å². The molecule has 2 aromatic rings. The van der Waals surface area contributed by atoms with Gasteiger partial charge in [0.15, 0.2) is 0 Å². The number of pyridine rings is 1. The third kappa shape index (κ3) is 2.79. The van der Waals surface area contributed by atoms with E-state index in [4.69, 9.17) is 5.11 Å². The number of aromatic nitrogens is 1. The van der Waals surface area contributed by atoms with E-state index in [9.17, 15) is 9.59 Å². The van der Waals surface area contributed by atoms with E-state index in [0.717, 1.165) is 16.6 Å². The van der Waals surface area contributed by atoms with Crippen LogP contribution < -0.4 is 4.90 Å². The van der Waals surface area contributed by atoms with Gasteiger partial charge in [0.05, 0.1) is 11.4 Å². The molecule has 0 radical (unpaired) electrons. The molecule has 3 rings (SSSR count). The van der Waals surface area contributed by atoms with Crippen molar-refractivity contribution in [2.45, 2.75) is 18.9 Å². The number of aliphatic carboxylic acids is 1. The molecule has 6 heteroatoms. The van der Waals surface area contributed by atoms with Crippen LogP contribution in [-0.2, 0) is 4.79 Å². The van der Waals surface area contributed by atoms with Gasteiger partial charge in [-0.1, -0.05) is 18.2 Å². The van der Waals surface area contributed by atoms with Crippen LogP contribution in [0.2, 0.25) is 0 Å². The van der Waals surface area contributed by atoms with Crippen molar-refractivity contribution >= 4 is 28.5 Å². The van der Waals surface area contributed by atoms with Crippen LogP contribution in [0.15, 0.2) is 30.3 Å². The molecule has 0 unspecified atom stereocenters. The second-order valence-corrected chi connectivity index (χ2v) is 6.51. The summed E-state index contributed by atoms with van der Waals surface area (Å²) in [7, 11) is 5.59. The number of carboxylic acid groups (broad SMARTS) is 1. The minimum absolute atomic E-state index is 0.0327. The molecule has 0 spiro atoms. The van der Waals surface area contributed by atoms with Crippen molar-refractivity contribution in [1.29, 1.82) is 0 Å². The Hall–Kier alpha value is -2.63. The number of rotatable bonds is 4. The molecule has 1 aromatic carbocycles. The first kappa shape index (κ1) is 16.2. The van der Waals surface area contributed by atoms with Crippen molar-refractivity contribution in [3.05, 3.63) is 36.0 Å². The molecule has 1 aliphatic rings. The summed E-state index contributed by atoms with van der Waals surface area (Å²) in [5, 5.41) is 9.98. The normalized spacial score (nSPS) is 19.6. The van der Waals surface area contributed by atoms with Gasteiger partial charge in [0, 0.05) is 38.3 Å². The Morgan fingerprint density at radius 1 is 1.17 bits per heavy atom. The highest BCUT2D eigenvalue weighted by atomic mass is 16.4. The fourth-order valence-corrected chi connectivity index (χ4v) is 3.09. The molecule has 24 heavy (non-hydrogen) atoms. The molecule has 0 aliphatic heterocycles. The largest absolute Gasteiger partial charge is 0.481 e. The van der Waals surface area contributed by atoms with Crippen LogP contribution in [0.3, 0.4) is 0 Å². The fourth-order valence-electron chi connectivity index (χ4n) is 3.09. The fraction of sp³-hybridized carbons (Fsp3) is 0.389. The predicted octanol–water partition coefficient (Wildman–Crippen LogP) is 2.24. The van der Waals surface area contributed by atoms with Gasteiger partial charge in [0.25, 0.3) is 5.91 Å². The summed E-state index contributed by atoms with van der Waals surface area (Å²) in [6, 6.07) is 9.49. The number of anilines is 1. The zero-order chi connectivity index (χ0) is 17.4. The lowest BCUT2D eigenvalue weighted by molar-refractivity contribution is -0.146. The number of fused-ring (bicyclic) bond motifs is 1. The maximum absolute atomic E-state index is 12.8. The van der Waals surface area contributed by atoms with E-state index in [-0.39, 0.29) is 17.9 Å². The highest BCUT2D eigenvalue weighted by Gasteiger charge is 2.38. The van der Waals surface area contributed by atoms with Gasteiger partial charge in [0.2, 0.25) is 0 Å². The number of amides is 1. The van der Waals surface area contributed by atoms with Gasteiger partial charge in [-0.2, -0.15) is 0 Å². The van der Waals surface area contributed by atoms with E-state index >= 15 is 0 Å². The Labute approximate surface area is 140 Å². The summed E-state index contributed by atoms with van der Waals surface area (Å²) in [6.45, 7) is 0. The van der Waals surface area contributed by atoms with Gasteiger partial charge in [-0.25, -0.2) is 4.98 Å². The quantitative estimate of drug-likeness (QED) is 0.932. The van der Waals surface area contributed by atoms with E-state index in [0.29, 0.717) is 18.5 Å². The monoisotopic (exact) mass is 327 g/mol. The van der Waals surface area contributed by atoms with Crippen LogP contribution >= 0.6 is 0 Å². The van der Waals surface area contributed by atoms with Crippen LogP contribution in [0, 0.1) is 5.92 Å². The summed E-state index contributed by atoms with van der Waals surface area (Å²) in [5.74, 6) is -1.30. The molecule has 1 fully saturated rings. The van der Waals surface area contributed by atoms with Crippen molar-refractivity contribution in [1.82, 2.24) is 9.88 Å². The Bertz CT molecular complexity index is 797. The van der Waals surface area contributed by atoms with Crippen molar-refractivity contribution in [2.24, 2.45) is 5.92 Å². The van der Waals surface area contributed by atoms with Crippen molar-refractivity contribution in [2.75, 3.05) is 26.0 Å². The summed E-state index contributed by atoms with van der Waals surface area (Å²) >= 11 is 0. The number of carboxylic acids is 1. The number of benzene rings is 1. The summed E-state index contributed by atoms with van der Waals surface area (Å²) in [6.07, 6.45) is 1.01. The SMILES string of the molecule is CN(C)c1cc(C(=O)N(C)C2CC(C(=O)O)C2)nc2ccccc12. The number of nitrogens with zero attached hydrogens (tertiary/aromatic N) is 3. The standard InChI is InChI=1S/C18H21N3O3/c1-20(2)16-10-15(19-14-7-5-4-6-13(14)16)17(22)21(3)12-8-11(9-12)18(23)24/h4-7,10-12H,8-9H2,1-3H3,(H,23,24). The highest BCUT2D eigenvalue weighted by molar-refractivity contribution is 6.00. The molecular formula is C18H21N3O3. The molecule has 1 N–H and O–H groups in total. The van der Waals surface area contributed by atoms with Crippen LogP contribution in [0.25, 0.3) is 10.9 Å². The maximum Gasteiger partial charge on any atom is 0.306 e. The van der Waals surface area contributed by atoms with E-state index < -0.39 is 5.97 Å². The summed E-state index contributed by atoms with van der Waals surface area (Å²) < 4.78 is 0. The molecule has 0 atom stereocenters. The van der Waals surface area contributed by atoms with Crippen LogP contribution in [0.4, 0.5) is 5.69 Å². The maximum atomic E-state index is 12.8. The second kappa shape index (κ2) is 6.11. The van der Waals surface area contributed by atoms with Gasteiger partial charge in [-0.15, -0.1) is 0 Å². The molecule has 6 nitrogen and oxygen atoms in total. The average molecular weight is 327 g/mol. The van der Waals surface area contributed by atoms with E-state index in [1.165, 1.54) is 0 Å². The minimum atomic E-state index is -0.786. The first-order valence-electron chi connectivity index (χ1n) is 7.95. The van der Waals surface area contributed by atoms with E-state index in [2.05, 4.69) is 4.98 Å². The minimum Gasteiger partial charge on any atom is -0.481 e. The molecule has 1 heterocycles. The van der Waals surface area contributed by atoms with Crippen LogP contribution in [-0.4, -0.2) is 54.1 Å². The Balaban J connectivity index is 1.89. The van der Waals surface area contributed by atoms with E-state index in [1.807, 2.05) is 43.3 Å². The number of hydrogen-bond donors (Lipinski definition) is 1. The highest BCUT2D eigenvalue weighted by Crippen LogP contribution is 2.32. The Morgan fingerprint density at radius 2 is 1.83 bits per heavy atom. The molecule has 1 aliphatic carbocycles. The Morgan fingerprint density at radius 3 is 2.46 bits per heavy atom. The lowest BCUT2D eigenvalue weighted by atomic mass is 9.79. The average Bonchev–Trinajstić information content (AvgIpc) is 2.50. The van der Waals surface area contributed by atoms with Crippen LogP contribution in [0.1, 0.15) is 23.3 Å². The lowest BCUT2D eigenvalue weighted by Crippen LogP contribution is -2.47. The molecule has 1 aromatic heterocycles. The zero-order valence-corrected chi connectivity index (χ0v) is 14.1. The number of para-hydroxylation sites is 1. The topological polar surface area (TPSA) is 73.7 Å². The van der Waals surface area contributed by atoms with Gasteiger partial charge >= 0.3 is 5.97 Å². The first-order chi connectivity index (χ1) is 11.4. The first-order valence-corrected chi connectivity index (χ1v) is 7.95. The summed E-state index contributed by atoms with van der Waals surface area (Å²) in [5.41, 5.74) is 2.10. The van der Waals surface area contributed by atoms with Gasteiger partial charge in [-0.05, 0) is 25.0 Å². The van der Waals surface area contributed by atoms with Gasteiger partial charge < -0.3 is 14.9 Å². The third-order valence-electron chi connectivity index (χ3n) is 4.73. The number of carbonyl (C=O) groups is 2. The lowest BCUT2D eigenvalue weighted by Gasteiger charge is -2.39. The molecule has 0 saturated heterocycles. The molecule has 1 amide bonds. The Kier molecular flexibility index (Phi) is 4.13. The van der Waals surface area contributed by atoms with Gasteiger partial charge in [0.1, 0.15) is 5.69 Å². The van der Waals surface area contributed by atoms with Crippen LogP contribution in [0.5, 0.6) is 0 Å². The number of hydrogen-bond acceptors (Lipinski definition) is 4. The number of carbonyl (C=O) groups excluding carboxylic acids is 1. The molecule has 0 bridgehead atoms. The molecular weight excluding hydrogens is 306 g/mol. The smallest absolute Gasteiger partial charge is 0.306 e. The second-order valence-electron chi connectivity index (χ2n) is 6.51. The third-order valence-corrected chi connectivity index (χ3v) is 4.73. The molecule has 126 valence electrons. The zero-order valence-electron chi connectivity index (χ0n) is 14.1. The van der Waals surface area contributed by atoms with Crippen molar-refractivity contribution in [3.8, 4) is 0 Å². The van der Waals surface area contributed by atoms with Crippen molar-refractivity contribution in [3.63, 3.8) is 0 Å². The predicted molar refractivity (Wildman–Crippen MR) is 92.3 cm³/mol. The van der Waals surface area contributed by atoms with E-state index in [1.54, 1.807) is 18.0 Å². The molecule has 1 saturated carbocycles.